The van der Waals surface area contributed by atoms with Gasteiger partial charge in [-0.25, -0.2) is 4.79 Å². The molecule has 2 bridgehead atoms. The van der Waals surface area contributed by atoms with E-state index in [1.54, 1.807) is 17.9 Å². The van der Waals surface area contributed by atoms with Crippen molar-refractivity contribution in [3.8, 4) is 0 Å². The SMILES string of the molecule is Cc1cc(CCc2ccccc2)oc(=O)c1C(=O)N1C[C@H]2COC[C@@H](C1)C(=O)N2. The molecule has 1 aromatic heterocycles. The fraction of sp³-hybridized carbons (Fsp3) is 0.409. The smallest absolute Gasteiger partial charge is 0.349 e. The molecule has 3 heterocycles. The molecule has 0 aliphatic carbocycles. The second-order valence-corrected chi connectivity index (χ2v) is 7.69. The second kappa shape index (κ2) is 8.21. The standard InChI is InChI=1S/C22H24N2O5/c1-14-9-18(8-7-15-5-3-2-4-6-15)29-22(27)19(14)21(26)24-10-16-12-28-13-17(11-24)23-20(16)25/h2-6,9,16-17H,7-8,10-13H2,1H3,(H,23,25)/t16-,17+/m1/s1. The number of hydrogen-bond acceptors (Lipinski definition) is 5. The summed E-state index contributed by atoms with van der Waals surface area (Å²) in [5.41, 5.74) is 1.17. The highest BCUT2D eigenvalue weighted by atomic mass is 16.5. The minimum atomic E-state index is -0.622. The van der Waals surface area contributed by atoms with Crippen LogP contribution in [0.5, 0.6) is 0 Å². The monoisotopic (exact) mass is 396 g/mol. The molecule has 2 aliphatic rings. The zero-order valence-corrected chi connectivity index (χ0v) is 16.3. The van der Waals surface area contributed by atoms with Crippen LogP contribution in [-0.2, 0) is 22.4 Å². The number of nitrogens with zero attached hydrogens (tertiary/aromatic N) is 1. The van der Waals surface area contributed by atoms with Gasteiger partial charge in [-0.3, -0.25) is 9.59 Å². The Balaban J connectivity index is 1.53. The first-order valence-corrected chi connectivity index (χ1v) is 9.86. The fourth-order valence-corrected chi connectivity index (χ4v) is 3.92. The number of amides is 2. The van der Waals surface area contributed by atoms with E-state index in [0.717, 1.165) is 12.0 Å². The normalized spacial score (nSPS) is 21.4. The van der Waals surface area contributed by atoms with Crippen LogP contribution in [0.3, 0.4) is 0 Å². The second-order valence-electron chi connectivity index (χ2n) is 7.69. The highest BCUT2D eigenvalue weighted by Gasteiger charge is 2.36. The number of carbonyl (C=O) groups excluding carboxylic acids is 2. The third-order valence-electron chi connectivity index (χ3n) is 5.44. The van der Waals surface area contributed by atoms with Crippen molar-refractivity contribution in [1.82, 2.24) is 10.2 Å². The Morgan fingerprint density at radius 1 is 1.14 bits per heavy atom. The van der Waals surface area contributed by atoms with Gasteiger partial charge in [0.2, 0.25) is 5.91 Å². The average Bonchev–Trinajstić information content (AvgIpc) is 2.95. The van der Waals surface area contributed by atoms with Crippen LogP contribution in [0, 0.1) is 12.8 Å². The van der Waals surface area contributed by atoms with E-state index >= 15 is 0 Å². The van der Waals surface area contributed by atoms with Crippen LogP contribution in [0.1, 0.15) is 27.2 Å². The quantitative estimate of drug-likeness (QED) is 0.842. The summed E-state index contributed by atoms with van der Waals surface area (Å²) in [6.07, 6.45) is 1.33. The summed E-state index contributed by atoms with van der Waals surface area (Å²) in [5, 5.41) is 2.89. The molecule has 0 spiro atoms. The predicted octanol–water partition coefficient (Wildman–Crippen LogP) is 1.32. The van der Waals surface area contributed by atoms with Crippen molar-refractivity contribution in [3.63, 3.8) is 0 Å². The van der Waals surface area contributed by atoms with E-state index in [4.69, 9.17) is 9.15 Å². The van der Waals surface area contributed by atoms with Crippen LogP contribution in [-0.4, -0.2) is 49.1 Å². The summed E-state index contributed by atoms with van der Waals surface area (Å²) >= 11 is 0. The molecule has 0 unspecified atom stereocenters. The summed E-state index contributed by atoms with van der Waals surface area (Å²) in [6.45, 7) is 2.93. The zero-order valence-electron chi connectivity index (χ0n) is 16.3. The molecule has 2 amide bonds. The van der Waals surface area contributed by atoms with Crippen LogP contribution in [0.4, 0.5) is 0 Å². The Kier molecular flexibility index (Phi) is 5.49. The first kappa shape index (κ1) is 19.4. The first-order chi connectivity index (χ1) is 14.0. The average molecular weight is 396 g/mol. The van der Waals surface area contributed by atoms with Gasteiger partial charge in [0.05, 0.1) is 25.2 Å². The number of nitrogens with one attached hydrogen (secondary N) is 1. The minimum Gasteiger partial charge on any atom is -0.427 e. The van der Waals surface area contributed by atoms with Gasteiger partial charge in [0.1, 0.15) is 11.3 Å². The van der Waals surface area contributed by atoms with Crippen molar-refractivity contribution in [3.05, 3.63) is 69.3 Å². The van der Waals surface area contributed by atoms with Crippen molar-refractivity contribution in [2.45, 2.75) is 25.8 Å². The van der Waals surface area contributed by atoms with Gasteiger partial charge in [0.15, 0.2) is 0 Å². The van der Waals surface area contributed by atoms with E-state index in [0.29, 0.717) is 30.9 Å². The number of fused-ring (bicyclic) bond motifs is 3. The predicted molar refractivity (Wildman–Crippen MR) is 106 cm³/mol. The van der Waals surface area contributed by atoms with Crippen LogP contribution >= 0.6 is 0 Å². The van der Waals surface area contributed by atoms with Crippen molar-refractivity contribution < 1.29 is 18.7 Å². The summed E-state index contributed by atoms with van der Waals surface area (Å²) in [4.78, 5) is 39.5. The van der Waals surface area contributed by atoms with Crippen molar-refractivity contribution in [1.29, 1.82) is 0 Å². The van der Waals surface area contributed by atoms with Gasteiger partial charge in [-0.05, 0) is 30.5 Å². The maximum absolute atomic E-state index is 13.1. The Labute approximate surface area is 168 Å². The summed E-state index contributed by atoms with van der Waals surface area (Å²) in [7, 11) is 0. The summed E-state index contributed by atoms with van der Waals surface area (Å²) < 4.78 is 10.9. The Bertz CT molecular complexity index is 969. The van der Waals surface area contributed by atoms with Crippen LogP contribution < -0.4 is 10.9 Å². The third-order valence-corrected chi connectivity index (χ3v) is 5.44. The van der Waals surface area contributed by atoms with Gasteiger partial charge in [-0.15, -0.1) is 0 Å². The molecule has 0 saturated carbocycles. The molecule has 4 rings (SSSR count). The van der Waals surface area contributed by atoms with Gasteiger partial charge in [-0.2, -0.15) is 0 Å². The van der Waals surface area contributed by atoms with Crippen molar-refractivity contribution in [2.75, 3.05) is 26.3 Å². The molecule has 29 heavy (non-hydrogen) atoms. The largest absolute Gasteiger partial charge is 0.427 e. The van der Waals surface area contributed by atoms with Gasteiger partial charge in [0, 0.05) is 19.5 Å². The van der Waals surface area contributed by atoms with E-state index in [9.17, 15) is 14.4 Å². The van der Waals surface area contributed by atoms with Gasteiger partial charge >= 0.3 is 5.63 Å². The molecule has 2 atom stereocenters. The molecule has 152 valence electrons. The van der Waals surface area contributed by atoms with Gasteiger partial charge in [0.25, 0.3) is 5.91 Å². The van der Waals surface area contributed by atoms with E-state index in [1.165, 1.54) is 0 Å². The minimum absolute atomic E-state index is 0.0433. The molecule has 2 fully saturated rings. The molecule has 1 N–H and O–H groups in total. The number of hydrogen-bond donors (Lipinski definition) is 1. The van der Waals surface area contributed by atoms with Crippen LogP contribution in [0.15, 0.2) is 45.6 Å². The Hall–Kier alpha value is -2.93. The van der Waals surface area contributed by atoms with E-state index in [1.807, 2.05) is 30.3 Å². The third kappa shape index (κ3) is 4.24. The fourth-order valence-electron chi connectivity index (χ4n) is 3.92. The van der Waals surface area contributed by atoms with E-state index in [2.05, 4.69) is 5.32 Å². The number of benzene rings is 1. The summed E-state index contributed by atoms with van der Waals surface area (Å²) in [6, 6.07) is 11.5. The van der Waals surface area contributed by atoms with Gasteiger partial charge in [-0.1, -0.05) is 30.3 Å². The van der Waals surface area contributed by atoms with E-state index < -0.39 is 11.5 Å². The molecule has 7 heteroatoms. The number of aryl methyl sites for hydroxylation is 3. The lowest BCUT2D eigenvalue weighted by Crippen LogP contribution is -2.45. The topological polar surface area (TPSA) is 88.8 Å². The highest BCUT2D eigenvalue weighted by molar-refractivity contribution is 5.95. The maximum atomic E-state index is 13.1. The molecule has 0 radical (unpaired) electrons. The van der Waals surface area contributed by atoms with E-state index in [-0.39, 0.29) is 36.6 Å². The van der Waals surface area contributed by atoms with Crippen LogP contribution in [0.2, 0.25) is 0 Å². The molecular formula is C22H24N2O5. The van der Waals surface area contributed by atoms with Crippen molar-refractivity contribution in [2.24, 2.45) is 5.92 Å². The number of ether oxygens (including phenoxy) is 1. The maximum Gasteiger partial charge on any atom is 0.349 e. The lowest BCUT2D eigenvalue weighted by atomic mass is 10.0. The molecule has 2 aliphatic heterocycles. The number of carbonyl (C=O) groups is 2. The van der Waals surface area contributed by atoms with Gasteiger partial charge < -0.3 is 19.4 Å². The summed E-state index contributed by atoms with van der Waals surface area (Å²) in [5.74, 6) is -0.364. The lowest BCUT2D eigenvalue weighted by molar-refractivity contribution is -0.125. The lowest BCUT2D eigenvalue weighted by Gasteiger charge is -2.27. The molecular weight excluding hydrogens is 372 g/mol. The Morgan fingerprint density at radius 3 is 2.69 bits per heavy atom. The first-order valence-electron chi connectivity index (χ1n) is 9.86. The number of rotatable bonds is 4. The molecule has 1 aromatic carbocycles. The zero-order chi connectivity index (χ0) is 20.4. The molecule has 2 aromatic rings. The van der Waals surface area contributed by atoms with Crippen LogP contribution in [0.25, 0.3) is 0 Å². The molecule has 7 nitrogen and oxygen atoms in total. The highest BCUT2D eigenvalue weighted by Crippen LogP contribution is 2.18. The Morgan fingerprint density at radius 2 is 1.93 bits per heavy atom. The van der Waals surface area contributed by atoms with Crippen molar-refractivity contribution >= 4 is 11.8 Å². The molecule has 2 saturated heterocycles.